The third-order valence-electron chi connectivity index (χ3n) is 3.34. The number of hydrogen-bond acceptors (Lipinski definition) is 5. The summed E-state index contributed by atoms with van der Waals surface area (Å²) < 4.78 is 1.90. The molecule has 3 N–H and O–H groups in total. The minimum absolute atomic E-state index is 0.126. The Hall–Kier alpha value is -2.02. The van der Waals surface area contributed by atoms with Gasteiger partial charge in [0.1, 0.15) is 0 Å². The molecule has 0 bridgehead atoms. The van der Waals surface area contributed by atoms with Crippen LogP contribution in [-0.4, -0.2) is 14.8 Å². The molecule has 0 fully saturated rings. The molecule has 1 aromatic carbocycles. The highest BCUT2D eigenvalue weighted by molar-refractivity contribution is 7.11. The first-order chi connectivity index (χ1) is 10.2. The quantitative estimate of drug-likeness (QED) is 0.574. The SMILES string of the molecule is Cc1nc(C)c(C(NN)c2ccnn2-c2ccccc2)s1. The summed E-state index contributed by atoms with van der Waals surface area (Å²) in [6.45, 7) is 4.01. The van der Waals surface area contributed by atoms with Crippen molar-refractivity contribution in [2.75, 3.05) is 0 Å². The lowest BCUT2D eigenvalue weighted by atomic mass is 10.1. The summed E-state index contributed by atoms with van der Waals surface area (Å²) in [6, 6.07) is 11.9. The maximum Gasteiger partial charge on any atom is 0.0993 e. The summed E-state index contributed by atoms with van der Waals surface area (Å²) in [5.74, 6) is 5.81. The lowest BCUT2D eigenvalue weighted by Crippen LogP contribution is -2.30. The summed E-state index contributed by atoms with van der Waals surface area (Å²) >= 11 is 1.65. The Morgan fingerprint density at radius 2 is 1.95 bits per heavy atom. The Kier molecular flexibility index (Phi) is 3.83. The number of hydrazine groups is 1. The molecule has 5 nitrogen and oxygen atoms in total. The van der Waals surface area contributed by atoms with E-state index in [1.54, 1.807) is 17.5 Å². The highest BCUT2D eigenvalue weighted by atomic mass is 32.1. The van der Waals surface area contributed by atoms with Crippen LogP contribution in [0.5, 0.6) is 0 Å². The maximum atomic E-state index is 5.81. The van der Waals surface area contributed by atoms with Crippen molar-refractivity contribution >= 4 is 11.3 Å². The average Bonchev–Trinajstić information content (AvgIpc) is 3.09. The van der Waals surface area contributed by atoms with Gasteiger partial charge in [-0.25, -0.2) is 15.1 Å². The van der Waals surface area contributed by atoms with E-state index in [-0.39, 0.29) is 6.04 Å². The van der Waals surface area contributed by atoms with Gasteiger partial charge in [0, 0.05) is 6.20 Å². The predicted molar refractivity (Wildman–Crippen MR) is 84.3 cm³/mol. The molecule has 21 heavy (non-hydrogen) atoms. The van der Waals surface area contributed by atoms with Crippen LogP contribution in [0, 0.1) is 13.8 Å². The van der Waals surface area contributed by atoms with E-state index in [2.05, 4.69) is 15.5 Å². The van der Waals surface area contributed by atoms with Gasteiger partial charge >= 0.3 is 0 Å². The van der Waals surface area contributed by atoms with Crippen molar-refractivity contribution in [3.8, 4) is 5.69 Å². The lowest BCUT2D eigenvalue weighted by molar-refractivity contribution is 0.602. The van der Waals surface area contributed by atoms with Crippen molar-refractivity contribution in [2.24, 2.45) is 5.84 Å². The summed E-state index contributed by atoms with van der Waals surface area (Å²) in [4.78, 5) is 5.60. The zero-order valence-electron chi connectivity index (χ0n) is 11.9. The van der Waals surface area contributed by atoms with Crippen molar-refractivity contribution in [2.45, 2.75) is 19.9 Å². The van der Waals surface area contributed by atoms with Crippen molar-refractivity contribution in [3.05, 3.63) is 63.9 Å². The number of aryl methyl sites for hydroxylation is 2. The van der Waals surface area contributed by atoms with Crippen LogP contribution < -0.4 is 11.3 Å². The van der Waals surface area contributed by atoms with Gasteiger partial charge in [0.25, 0.3) is 0 Å². The van der Waals surface area contributed by atoms with Gasteiger partial charge in [0.05, 0.1) is 33.0 Å². The average molecular weight is 299 g/mol. The normalized spacial score (nSPS) is 12.5. The first-order valence-corrected chi connectivity index (χ1v) is 7.51. The molecular weight excluding hydrogens is 282 g/mol. The fraction of sp³-hybridized carbons (Fsp3) is 0.200. The zero-order valence-corrected chi connectivity index (χ0v) is 12.8. The minimum atomic E-state index is -0.126. The molecule has 0 spiro atoms. The number of nitrogens with one attached hydrogen (secondary N) is 1. The van der Waals surface area contributed by atoms with E-state index >= 15 is 0 Å². The van der Waals surface area contributed by atoms with Crippen molar-refractivity contribution in [3.63, 3.8) is 0 Å². The number of hydrogen-bond donors (Lipinski definition) is 2. The van der Waals surface area contributed by atoms with Gasteiger partial charge in [-0.15, -0.1) is 11.3 Å². The number of para-hydroxylation sites is 1. The summed E-state index contributed by atoms with van der Waals surface area (Å²) in [7, 11) is 0. The topological polar surface area (TPSA) is 68.8 Å². The lowest BCUT2D eigenvalue weighted by Gasteiger charge is -2.17. The van der Waals surface area contributed by atoms with E-state index in [9.17, 15) is 0 Å². The van der Waals surface area contributed by atoms with Gasteiger partial charge in [-0.3, -0.25) is 5.84 Å². The van der Waals surface area contributed by atoms with Gasteiger partial charge in [-0.05, 0) is 32.0 Å². The number of benzene rings is 1. The number of rotatable bonds is 4. The second kappa shape index (κ2) is 5.77. The Morgan fingerprint density at radius 3 is 2.57 bits per heavy atom. The third kappa shape index (κ3) is 2.61. The molecule has 0 radical (unpaired) electrons. The number of nitrogens with two attached hydrogens (primary N) is 1. The van der Waals surface area contributed by atoms with Crippen LogP contribution in [0.15, 0.2) is 42.6 Å². The fourth-order valence-electron chi connectivity index (χ4n) is 2.43. The highest BCUT2D eigenvalue weighted by Gasteiger charge is 2.22. The standard InChI is InChI=1S/C15H17N5S/c1-10-15(21-11(2)18-10)14(19-16)13-8-9-17-20(13)12-6-4-3-5-7-12/h3-9,14,19H,16H2,1-2H3. The Labute approximate surface area is 127 Å². The summed E-state index contributed by atoms with van der Waals surface area (Å²) in [6.07, 6.45) is 1.79. The molecule has 0 aliphatic heterocycles. The van der Waals surface area contributed by atoms with Crippen LogP contribution in [0.1, 0.15) is 27.3 Å². The second-order valence-corrected chi connectivity index (χ2v) is 6.02. The highest BCUT2D eigenvalue weighted by Crippen LogP contribution is 2.30. The molecule has 2 aromatic heterocycles. The largest absolute Gasteiger partial charge is 0.270 e. The molecule has 108 valence electrons. The minimum Gasteiger partial charge on any atom is -0.270 e. The van der Waals surface area contributed by atoms with Crippen LogP contribution in [0.25, 0.3) is 5.69 Å². The van der Waals surface area contributed by atoms with Gasteiger partial charge < -0.3 is 0 Å². The second-order valence-electron chi connectivity index (χ2n) is 4.79. The smallest absolute Gasteiger partial charge is 0.0993 e. The number of nitrogens with zero attached hydrogens (tertiary/aromatic N) is 3. The van der Waals surface area contributed by atoms with Crippen LogP contribution in [0.3, 0.4) is 0 Å². The van der Waals surface area contributed by atoms with Gasteiger partial charge in [0.2, 0.25) is 0 Å². The van der Waals surface area contributed by atoms with Gasteiger partial charge in [-0.1, -0.05) is 18.2 Å². The first kappa shape index (κ1) is 13.9. The van der Waals surface area contributed by atoms with Crippen LogP contribution in [-0.2, 0) is 0 Å². The Balaban J connectivity index is 2.07. The fourth-order valence-corrected chi connectivity index (χ4v) is 3.43. The van der Waals surface area contributed by atoms with Crippen molar-refractivity contribution < 1.29 is 0 Å². The van der Waals surface area contributed by atoms with E-state index in [4.69, 9.17) is 5.84 Å². The molecule has 3 aromatic rings. The van der Waals surface area contributed by atoms with E-state index < -0.39 is 0 Å². The maximum absolute atomic E-state index is 5.81. The van der Waals surface area contributed by atoms with Crippen LogP contribution in [0.4, 0.5) is 0 Å². The number of thiazole rings is 1. The third-order valence-corrected chi connectivity index (χ3v) is 4.47. The Bertz CT molecular complexity index is 732. The first-order valence-electron chi connectivity index (χ1n) is 6.70. The molecule has 0 saturated carbocycles. The zero-order chi connectivity index (χ0) is 14.8. The van der Waals surface area contributed by atoms with Crippen LogP contribution >= 0.6 is 11.3 Å². The van der Waals surface area contributed by atoms with E-state index in [0.717, 1.165) is 27.0 Å². The van der Waals surface area contributed by atoms with Crippen molar-refractivity contribution in [1.82, 2.24) is 20.2 Å². The van der Waals surface area contributed by atoms with E-state index in [1.807, 2.05) is 54.9 Å². The molecule has 0 aliphatic rings. The van der Waals surface area contributed by atoms with Gasteiger partial charge in [0.15, 0.2) is 0 Å². The molecule has 1 unspecified atom stereocenters. The molecule has 1 atom stereocenters. The van der Waals surface area contributed by atoms with Gasteiger partial charge in [-0.2, -0.15) is 5.10 Å². The monoisotopic (exact) mass is 299 g/mol. The van der Waals surface area contributed by atoms with E-state index in [1.165, 1.54) is 0 Å². The molecule has 0 aliphatic carbocycles. The molecule has 2 heterocycles. The molecule has 0 amide bonds. The van der Waals surface area contributed by atoms with Crippen molar-refractivity contribution in [1.29, 1.82) is 0 Å². The molecular formula is C15H17N5S. The van der Waals surface area contributed by atoms with E-state index in [0.29, 0.717) is 0 Å². The molecule has 6 heteroatoms. The Morgan fingerprint density at radius 1 is 1.19 bits per heavy atom. The molecule has 0 saturated heterocycles. The molecule has 3 rings (SSSR count). The summed E-state index contributed by atoms with van der Waals surface area (Å²) in [5.41, 5.74) is 5.90. The van der Waals surface area contributed by atoms with Crippen LogP contribution in [0.2, 0.25) is 0 Å². The predicted octanol–water partition coefficient (Wildman–Crippen LogP) is 2.50. The summed E-state index contributed by atoms with van der Waals surface area (Å²) in [5, 5.41) is 5.46. The number of aromatic nitrogens is 3.